The van der Waals surface area contributed by atoms with Crippen LogP contribution >= 0.6 is 0 Å². The Labute approximate surface area is 127 Å². The molecule has 1 aromatic carbocycles. The van der Waals surface area contributed by atoms with Crippen LogP contribution in [0.1, 0.15) is 6.92 Å². The van der Waals surface area contributed by atoms with Crippen molar-refractivity contribution in [2.75, 3.05) is 4.72 Å². The number of hydrogen-bond acceptors (Lipinski definition) is 3. The molecule has 0 bridgehead atoms. The van der Waals surface area contributed by atoms with Gasteiger partial charge in [-0.1, -0.05) is 0 Å². The Morgan fingerprint density at radius 1 is 1.23 bits per heavy atom. The van der Waals surface area contributed by atoms with E-state index in [1.54, 1.807) is 29.1 Å². The number of halogens is 1. The summed E-state index contributed by atoms with van der Waals surface area (Å²) in [5.74, 6) is -0.422. The number of nitrogens with zero attached hydrogens (tertiary/aromatic N) is 2. The predicted molar refractivity (Wildman–Crippen MR) is 82.6 cm³/mol. The molecule has 0 fully saturated rings. The molecule has 0 radical (unpaired) electrons. The maximum atomic E-state index is 12.9. The summed E-state index contributed by atoms with van der Waals surface area (Å²) < 4.78 is 42.3. The SMILES string of the molecule is CCn1cc(S(=O)(=O)Nc2ccc(F)cc2)c2cccnc21. The molecular formula is C15H14FN3O2S. The maximum Gasteiger partial charge on any atom is 0.264 e. The van der Waals surface area contributed by atoms with E-state index in [0.29, 0.717) is 23.3 Å². The van der Waals surface area contributed by atoms with E-state index in [0.717, 1.165) is 0 Å². The number of aryl methyl sites for hydroxylation is 1. The number of sulfonamides is 1. The van der Waals surface area contributed by atoms with Crippen molar-refractivity contribution in [1.29, 1.82) is 0 Å². The maximum absolute atomic E-state index is 12.9. The van der Waals surface area contributed by atoms with E-state index >= 15 is 0 Å². The molecule has 2 heterocycles. The number of fused-ring (bicyclic) bond motifs is 1. The Balaban J connectivity index is 2.07. The lowest BCUT2D eigenvalue weighted by molar-refractivity contribution is 0.601. The summed E-state index contributed by atoms with van der Waals surface area (Å²) in [6.45, 7) is 2.53. The average molecular weight is 319 g/mol. The Morgan fingerprint density at radius 3 is 2.64 bits per heavy atom. The molecule has 0 aliphatic heterocycles. The zero-order valence-corrected chi connectivity index (χ0v) is 12.6. The molecule has 0 aliphatic carbocycles. The zero-order chi connectivity index (χ0) is 15.7. The molecule has 0 aliphatic rings. The van der Waals surface area contributed by atoms with Crippen molar-refractivity contribution >= 4 is 26.7 Å². The van der Waals surface area contributed by atoms with Crippen LogP contribution in [0.5, 0.6) is 0 Å². The van der Waals surface area contributed by atoms with Crippen molar-refractivity contribution in [3.63, 3.8) is 0 Å². The fraction of sp³-hybridized carbons (Fsp3) is 0.133. The van der Waals surface area contributed by atoms with E-state index in [2.05, 4.69) is 9.71 Å². The third-order valence-corrected chi connectivity index (χ3v) is 4.73. The molecule has 5 nitrogen and oxygen atoms in total. The molecule has 0 amide bonds. The Bertz CT molecular complexity index is 918. The summed E-state index contributed by atoms with van der Waals surface area (Å²) in [5, 5.41) is 0.555. The number of nitrogens with one attached hydrogen (secondary N) is 1. The van der Waals surface area contributed by atoms with Gasteiger partial charge < -0.3 is 4.57 Å². The average Bonchev–Trinajstić information content (AvgIpc) is 2.89. The largest absolute Gasteiger partial charge is 0.331 e. The van der Waals surface area contributed by atoms with Gasteiger partial charge in [0.25, 0.3) is 10.0 Å². The van der Waals surface area contributed by atoms with Crippen LogP contribution in [0.3, 0.4) is 0 Å². The van der Waals surface area contributed by atoms with Crippen LogP contribution in [-0.2, 0) is 16.6 Å². The van der Waals surface area contributed by atoms with Crippen molar-refractivity contribution in [3.05, 3.63) is 54.6 Å². The molecule has 7 heteroatoms. The number of aromatic nitrogens is 2. The minimum atomic E-state index is -3.78. The summed E-state index contributed by atoms with van der Waals surface area (Å²) in [5.41, 5.74) is 0.923. The minimum Gasteiger partial charge on any atom is -0.331 e. The first kappa shape index (κ1) is 14.5. The number of anilines is 1. The summed E-state index contributed by atoms with van der Waals surface area (Å²) in [6, 6.07) is 8.57. The van der Waals surface area contributed by atoms with Gasteiger partial charge >= 0.3 is 0 Å². The van der Waals surface area contributed by atoms with Gasteiger partial charge in [-0.2, -0.15) is 0 Å². The second-order valence-corrected chi connectivity index (χ2v) is 6.42. The number of hydrogen-bond donors (Lipinski definition) is 1. The molecule has 0 atom stereocenters. The standard InChI is InChI=1S/C15H14FN3O2S/c1-2-19-10-14(13-4-3-9-17-15(13)19)22(20,21)18-12-7-5-11(16)6-8-12/h3-10,18H,2H2,1H3. The fourth-order valence-corrected chi connectivity index (χ4v) is 3.54. The third-order valence-electron chi connectivity index (χ3n) is 3.32. The first-order valence-electron chi connectivity index (χ1n) is 6.73. The molecule has 0 saturated carbocycles. The van der Waals surface area contributed by atoms with E-state index in [4.69, 9.17) is 0 Å². The van der Waals surface area contributed by atoms with E-state index < -0.39 is 15.8 Å². The van der Waals surface area contributed by atoms with Gasteiger partial charge in [0.2, 0.25) is 0 Å². The van der Waals surface area contributed by atoms with Crippen LogP contribution in [0, 0.1) is 5.82 Å². The molecule has 0 unspecified atom stereocenters. The first-order valence-corrected chi connectivity index (χ1v) is 8.22. The normalized spacial score (nSPS) is 11.7. The molecular weight excluding hydrogens is 305 g/mol. The first-order chi connectivity index (χ1) is 10.5. The second kappa shape index (κ2) is 5.42. The monoisotopic (exact) mass is 319 g/mol. The van der Waals surface area contributed by atoms with Crippen LogP contribution in [0.25, 0.3) is 11.0 Å². The lowest BCUT2D eigenvalue weighted by atomic mass is 10.3. The summed E-state index contributed by atoms with van der Waals surface area (Å²) in [7, 11) is -3.78. The predicted octanol–water partition coefficient (Wildman–Crippen LogP) is 3.00. The van der Waals surface area contributed by atoms with Crippen molar-refractivity contribution in [2.24, 2.45) is 0 Å². The molecule has 0 saturated heterocycles. The van der Waals surface area contributed by atoms with Gasteiger partial charge in [0, 0.05) is 30.0 Å². The van der Waals surface area contributed by atoms with Crippen molar-refractivity contribution in [2.45, 2.75) is 18.4 Å². The Hall–Kier alpha value is -2.41. The van der Waals surface area contributed by atoms with Crippen LogP contribution in [-0.4, -0.2) is 18.0 Å². The van der Waals surface area contributed by atoms with Crippen LogP contribution < -0.4 is 4.72 Å². The van der Waals surface area contributed by atoms with Crippen LogP contribution in [0.15, 0.2) is 53.7 Å². The molecule has 3 aromatic rings. The van der Waals surface area contributed by atoms with Gasteiger partial charge in [0.15, 0.2) is 0 Å². The lowest BCUT2D eigenvalue weighted by Crippen LogP contribution is -2.12. The molecule has 114 valence electrons. The van der Waals surface area contributed by atoms with Crippen LogP contribution in [0.4, 0.5) is 10.1 Å². The Morgan fingerprint density at radius 2 is 1.95 bits per heavy atom. The number of pyridine rings is 1. The topological polar surface area (TPSA) is 64.0 Å². The van der Waals surface area contributed by atoms with Gasteiger partial charge in [-0.25, -0.2) is 17.8 Å². The number of benzene rings is 1. The van der Waals surface area contributed by atoms with Crippen molar-refractivity contribution in [1.82, 2.24) is 9.55 Å². The van der Waals surface area contributed by atoms with E-state index in [1.807, 2.05) is 6.92 Å². The highest BCUT2D eigenvalue weighted by molar-refractivity contribution is 7.93. The van der Waals surface area contributed by atoms with E-state index in [9.17, 15) is 12.8 Å². The van der Waals surface area contributed by atoms with E-state index in [1.165, 1.54) is 24.3 Å². The highest BCUT2D eigenvalue weighted by Crippen LogP contribution is 2.25. The summed E-state index contributed by atoms with van der Waals surface area (Å²) >= 11 is 0. The van der Waals surface area contributed by atoms with Gasteiger partial charge in [0.1, 0.15) is 16.4 Å². The number of rotatable bonds is 4. The second-order valence-electron chi connectivity index (χ2n) is 4.77. The van der Waals surface area contributed by atoms with Gasteiger partial charge in [-0.05, 0) is 43.3 Å². The van der Waals surface area contributed by atoms with Gasteiger partial charge in [0.05, 0.1) is 0 Å². The smallest absolute Gasteiger partial charge is 0.264 e. The highest BCUT2D eigenvalue weighted by Gasteiger charge is 2.21. The Kier molecular flexibility index (Phi) is 3.58. The fourth-order valence-electron chi connectivity index (χ4n) is 2.27. The minimum absolute atomic E-state index is 0.154. The summed E-state index contributed by atoms with van der Waals surface area (Å²) in [4.78, 5) is 4.38. The highest BCUT2D eigenvalue weighted by atomic mass is 32.2. The summed E-state index contributed by atoms with van der Waals surface area (Å²) in [6.07, 6.45) is 3.18. The van der Waals surface area contributed by atoms with Crippen molar-refractivity contribution < 1.29 is 12.8 Å². The molecule has 2 aromatic heterocycles. The third kappa shape index (κ3) is 2.55. The van der Waals surface area contributed by atoms with E-state index in [-0.39, 0.29) is 4.90 Å². The van der Waals surface area contributed by atoms with Gasteiger partial charge in [-0.3, -0.25) is 4.72 Å². The molecule has 3 rings (SSSR count). The molecule has 1 N–H and O–H groups in total. The molecule has 0 spiro atoms. The van der Waals surface area contributed by atoms with Gasteiger partial charge in [-0.15, -0.1) is 0 Å². The van der Waals surface area contributed by atoms with Crippen molar-refractivity contribution in [3.8, 4) is 0 Å². The van der Waals surface area contributed by atoms with Crippen LogP contribution in [0.2, 0.25) is 0 Å². The zero-order valence-electron chi connectivity index (χ0n) is 11.8. The lowest BCUT2D eigenvalue weighted by Gasteiger charge is -2.06. The quantitative estimate of drug-likeness (QED) is 0.804. The molecule has 22 heavy (non-hydrogen) atoms.